The van der Waals surface area contributed by atoms with Crippen LogP contribution in [0.2, 0.25) is 5.02 Å². The Morgan fingerprint density at radius 3 is 2.83 bits per heavy atom. The largest absolute Gasteiger partial charge is 0.376 e. The van der Waals surface area contributed by atoms with Crippen LogP contribution in [-0.2, 0) is 17.8 Å². The third kappa shape index (κ3) is 4.76. The number of halogens is 1. The molecule has 2 N–H and O–H groups in total. The summed E-state index contributed by atoms with van der Waals surface area (Å²) in [6.07, 6.45) is 4.26. The highest BCUT2D eigenvalue weighted by atomic mass is 35.5. The lowest BCUT2D eigenvalue weighted by Gasteiger charge is -2.13. The van der Waals surface area contributed by atoms with Gasteiger partial charge < -0.3 is 19.9 Å². The summed E-state index contributed by atoms with van der Waals surface area (Å²) in [4.78, 5) is 11.9. The van der Waals surface area contributed by atoms with Crippen molar-refractivity contribution >= 4 is 17.6 Å². The van der Waals surface area contributed by atoms with Crippen molar-refractivity contribution in [1.82, 2.24) is 15.2 Å². The number of hydrogen-bond acceptors (Lipinski definition) is 2. The fourth-order valence-corrected chi connectivity index (χ4v) is 2.92. The molecule has 24 heavy (non-hydrogen) atoms. The summed E-state index contributed by atoms with van der Waals surface area (Å²) in [5, 5.41) is 6.49. The van der Waals surface area contributed by atoms with Gasteiger partial charge in [-0.3, -0.25) is 0 Å². The number of amides is 2. The number of nitrogens with one attached hydrogen (secondary N) is 2. The molecule has 0 aliphatic carbocycles. The molecule has 2 aromatic rings. The topological polar surface area (TPSA) is 55.3 Å². The summed E-state index contributed by atoms with van der Waals surface area (Å²) in [6, 6.07) is 11.6. The zero-order valence-corrected chi connectivity index (χ0v) is 14.3. The van der Waals surface area contributed by atoms with Crippen molar-refractivity contribution in [2.75, 3.05) is 13.2 Å². The van der Waals surface area contributed by atoms with Gasteiger partial charge in [0.05, 0.1) is 12.6 Å². The number of nitrogens with zero attached hydrogens (tertiary/aromatic N) is 1. The molecule has 0 spiro atoms. The lowest BCUT2D eigenvalue weighted by Crippen LogP contribution is -2.39. The first kappa shape index (κ1) is 16.9. The van der Waals surface area contributed by atoms with Gasteiger partial charge in [0.25, 0.3) is 0 Å². The van der Waals surface area contributed by atoms with Gasteiger partial charge in [-0.1, -0.05) is 23.7 Å². The molecule has 1 aliphatic rings. The summed E-state index contributed by atoms with van der Waals surface area (Å²) in [6.45, 7) is 2.60. The van der Waals surface area contributed by atoms with Crippen molar-refractivity contribution in [2.24, 2.45) is 0 Å². The maximum atomic E-state index is 11.9. The Balaban J connectivity index is 1.47. The van der Waals surface area contributed by atoms with Crippen LogP contribution < -0.4 is 10.6 Å². The zero-order chi connectivity index (χ0) is 16.8. The maximum Gasteiger partial charge on any atom is 0.315 e. The molecular weight excluding hydrogens is 326 g/mol. The smallest absolute Gasteiger partial charge is 0.315 e. The summed E-state index contributed by atoms with van der Waals surface area (Å²) >= 11 is 5.92. The third-order valence-electron chi connectivity index (χ3n) is 4.13. The third-order valence-corrected chi connectivity index (χ3v) is 4.39. The van der Waals surface area contributed by atoms with Gasteiger partial charge in [-0.2, -0.15) is 0 Å². The monoisotopic (exact) mass is 347 g/mol. The van der Waals surface area contributed by atoms with E-state index in [1.165, 1.54) is 5.56 Å². The second-order valence-electron chi connectivity index (χ2n) is 5.95. The van der Waals surface area contributed by atoms with E-state index < -0.39 is 0 Å². The first-order valence-electron chi connectivity index (χ1n) is 8.22. The Hall–Kier alpha value is -1.98. The van der Waals surface area contributed by atoms with E-state index in [0.29, 0.717) is 13.1 Å². The number of urea groups is 1. The molecule has 1 atom stereocenters. The van der Waals surface area contributed by atoms with E-state index in [1.54, 1.807) is 0 Å². The Bertz CT molecular complexity index is 663. The van der Waals surface area contributed by atoms with Crippen molar-refractivity contribution in [3.05, 3.63) is 58.9 Å². The fraction of sp³-hybridized carbons (Fsp3) is 0.389. The van der Waals surface area contributed by atoms with Gasteiger partial charge in [0, 0.05) is 36.6 Å². The molecule has 5 nitrogen and oxygen atoms in total. The van der Waals surface area contributed by atoms with Crippen LogP contribution in [0.15, 0.2) is 42.6 Å². The summed E-state index contributed by atoms with van der Waals surface area (Å²) in [5.74, 6) is 0. The van der Waals surface area contributed by atoms with E-state index in [2.05, 4.69) is 15.2 Å². The van der Waals surface area contributed by atoms with Crippen molar-refractivity contribution in [3.63, 3.8) is 0 Å². The zero-order valence-electron chi connectivity index (χ0n) is 13.5. The first-order chi connectivity index (χ1) is 11.7. The normalized spacial score (nSPS) is 17.0. The average molecular weight is 348 g/mol. The number of ether oxygens (including phenoxy) is 1. The summed E-state index contributed by atoms with van der Waals surface area (Å²) in [5.41, 5.74) is 2.22. The summed E-state index contributed by atoms with van der Waals surface area (Å²) < 4.78 is 7.61. The van der Waals surface area contributed by atoms with E-state index in [0.717, 1.165) is 36.7 Å². The second-order valence-corrected chi connectivity index (χ2v) is 6.39. The molecule has 2 amide bonds. The van der Waals surface area contributed by atoms with Gasteiger partial charge in [-0.25, -0.2) is 4.79 Å². The summed E-state index contributed by atoms with van der Waals surface area (Å²) in [7, 11) is 0. The number of carbonyl (C=O) groups excluding carboxylic acids is 1. The van der Waals surface area contributed by atoms with Crippen LogP contribution in [0.5, 0.6) is 0 Å². The van der Waals surface area contributed by atoms with Crippen LogP contribution >= 0.6 is 11.6 Å². The lowest BCUT2D eigenvalue weighted by molar-refractivity contribution is 0.111. The number of benzene rings is 1. The second kappa shape index (κ2) is 8.22. The van der Waals surface area contributed by atoms with Gasteiger partial charge in [0.2, 0.25) is 0 Å². The highest BCUT2D eigenvalue weighted by Crippen LogP contribution is 2.13. The minimum atomic E-state index is -0.162. The molecule has 0 radical (unpaired) electrons. The number of aromatic nitrogens is 1. The lowest BCUT2D eigenvalue weighted by atomic mass is 10.2. The van der Waals surface area contributed by atoms with E-state index >= 15 is 0 Å². The van der Waals surface area contributed by atoms with E-state index in [-0.39, 0.29) is 12.1 Å². The molecule has 1 aromatic heterocycles. The molecule has 6 heteroatoms. The van der Waals surface area contributed by atoms with Gasteiger partial charge in [-0.05, 0) is 42.7 Å². The number of rotatable bonds is 6. The highest BCUT2D eigenvalue weighted by molar-refractivity contribution is 6.30. The Morgan fingerprint density at radius 2 is 2.08 bits per heavy atom. The highest BCUT2D eigenvalue weighted by Gasteiger charge is 2.16. The molecule has 0 bridgehead atoms. The quantitative estimate of drug-likeness (QED) is 0.843. The first-order valence-corrected chi connectivity index (χ1v) is 8.60. The van der Waals surface area contributed by atoms with Crippen LogP contribution in [0.3, 0.4) is 0 Å². The number of carbonyl (C=O) groups is 1. The standard InChI is InChI=1S/C18H22ClN3O2/c19-15-7-5-14(6-8-15)13-22-9-1-3-16(22)11-20-18(23)21-12-17-4-2-10-24-17/h1,3,5-9,17H,2,4,10-13H2,(H2,20,21,23)/t17-/m0/s1. The van der Waals surface area contributed by atoms with Crippen LogP contribution in [0.4, 0.5) is 4.79 Å². The molecule has 3 rings (SSSR count). The molecule has 1 aromatic carbocycles. The van der Waals surface area contributed by atoms with Crippen molar-refractivity contribution in [2.45, 2.75) is 32.0 Å². The molecule has 0 saturated carbocycles. The van der Waals surface area contributed by atoms with Crippen LogP contribution in [0, 0.1) is 0 Å². The Labute approximate surface area is 146 Å². The molecule has 1 fully saturated rings. The van der Waals surface area contributed by atoms with Gasteiger partial charge in [-0.15, -0.1) is 0 Å². The van der Waals surface area contributed by atoms with Gasteiger partial charge >= 0.3 is 6.03 Å². The van der Waals surface area contributed by atoms with Gasteiger partial charge in [0.15, 0.2) is 0 Å². The fourth-order valence-electron chi connectivity index (χ4n) is 2.80. The van der Waals surface area contributed by atoms with Gasteiger partial charge in [0.1, 0.15) is 0 Å². The Morgan fingerprint density at radius 1 is 1.25 bits per heavy atom. The van der Waals surface area contributed by atoms with Crippen LogP contribution in [-0.4, -0.2) is 29.9 Å². The van der Waals surface area contributed by atoms with Crippen LogP contribution in [0.1, 0.15) is 24.1 Å². The Kier molecular flexibility index (Phi) is 5.77. The molecule has 1 saturated heterocycles. The average Bonchev–Trinajstić information content (AvgIpc) is 3.25. The van der Waals surface area contributed by atoms with E-state index in [1.807, 2.05) is 42.6 Å². The van der Waals surface area contributed by atoms with Crippen molar-refractivity contribution in [1.29, 1.82) is 0 Å². The maximum absolute atomic E-state index is 11.9. The SMILES string of the molecule is O=C(NCc1cccn1Cc1ccc(Cl)cc1)NC[C@@H]1CCCO1. The molecule has 0 unspecified atom stereocenters. The molecule has 1 aliphatic heterocycles. The predicted molar refractivity (Wildman–Crippen MR) is 94.2 cm³/mol. The van der Waals surface area contributed by atoms with Crippen LogP contribution in [0.25, 0.3) is 0 Å². The van der Waals surface area contributed by atoms with E-state index in [9.17, 15) is 4.79 Å². The molecular formula is C18H22ClN3O2. The number of hydrogen-bond donors (Lipinski definition) is 2. The van der Waals surface area contributed by atoms with Crippen molar-refractivity contribution in [3.8, 4) is 0 Å². The predicted octanol–water partition coefficient (Wildman–Crippen LogP) is 3.17. The molecule has 128 valence electrons. The van der Waals surface area contributed by atoms with E-state index in [4.69, 9.17) is 16.3 Å². The van der Waals surface area contributed by atoms with Crippen molar-refractivity contribution < 1.29 is 9.53 Å². The minimum Gasteiger partial charge on any atom is -0.376 e. The molecule has 2 heterocycles. The minimum absolute atomic E-state index is 0.157.